The van der Waals surface area contributed by atoms with E-state index in [1.807, 2.05) is 0 Å². The summed E-state index contributed by atoms with van der Waals surface area (Å²) in [5.41, 5.74) is 2.11. The number of aromatic nitrogens is 1. The quantitative estimate of drug-likeness (QED) is 0.719. The van der Waals surface area contributed by atoms with E-state index in [1.54, 1.807) is 0 Å². The standard InChI is InChI=1S/C23H31N3O3/c1-3-25-14-19(18-7-5-4-6-8-18)13-23(17-25)9-11-26(12-10-23)15-21-24-20(16-29-21)22(27)28-2/h4-8,16,19H,3,9-15,17H2,1-2H3/t19-/m0/s1. The molecule has 0 unspecified atom stereocenters. The zero-order valence-corrected chi connectivity index (χ0v) is 17.5. The Labute approximate surface area is 172 Å². The molecule has 1 atom stereocenters. The van der Waals surface area contributed by atoms with Crippen LogP contribution in [0, 0.1) is 5.41 Å². The molecule has 2 aromatic rings. The summed E-state index contributed by atoms with van der Waals surface area (Å²) in [6.45, 7) is 8.47. The highest BCUT2D eigenvalue weighted by Crippen LogP contribution is 2.45. The lowest BCUT2D eigenvalue weighted by Gasteiger charge is -2.50. The molecular weight excluding hydrogens is 366 g/mol. The molecule has 4 rings (SSSR count). The lowest BCUT2D eigenvalue weighted by atomic mass is 9.68. The molecule has 6 nitrogen and oxygen atoms in total. The van der Waals surface area contributed by atoms with Crippen LogP contribution in [0.1, 0.15) is 54.0 Å². The summed E-state index contributed by atoms with van der Waals surface area (Å²) >= 11 is 0. The molecular formula is C23H31N3O3. The van der Waals surface area contributed by atoms with E-state index in [4.69, 9.17) is 9.15 Å². The van der Waals surface area contributed by atoms with Crippen molar-refractivity contribution in [2.75, 3.05) is 39.8 Å². The Kier molecular flexibility index (Phi) is 6.01. The maximum atomic E-state index is 11.6. The van der Waals surface area contributed by atoms with E-state index in [2.05, 4.69) is 52.0 Å². The lowest BCUT2D eigenvalue weighted by Crippen LogP contribution is -2.51. The van der Waals surface area contributed by atoms with E-state index in [9.17, 15) is 4.79 Å². The molecule has 0 aliphatic carbocycles. The van der Waals surface area contributed by atoms with Crippen molar-refractivity contribution in [2.45, 2.75) is 38.6 Å². The molecule has 2 aliphatic rings. The summed E-state index contributed by atoms with van der Waals surface area (Å²) in [4.78, 5) is 20.9. The Morgan fingerprint density at radius 2 is 2.00 bits per heavy atom. The first-order chi connectivity index (χ1) is 14.1. The van der Waals surface area contributed by atoms with Gasteiger partial charge in [-0.2, -0.15) is 0 Å². The zero-order valence-electron chi connectivity index (χ0n) is 17.5. The first-order valence-electron chi connectivity index (χ1n) is 10.6. The van der Waals surface area contributed by atoms with Crippen molar-refractivity contribution in [3.8, 4) is 0 Å². The Morgan fingerprint density at radius 3 is 2.69 bits per heavy atom. The van der Waals surface area contributed by atoms with E-state index in [1.165, 1.54) is 51.3 Å². The molecule has 1 spiro atoms. The van der Waals surface area contributed by atoms with Gasteiger partial charge in [0.1, 0.15) is 6.26 Å². The second-order valence-corrected chi connectivity index (χ2v) is 8.53. The van der Waals surface area contributed by atoms with Gasteiger partial charge in [0.05, 0.1) is 13.7 Å². The molecule has 0 radical (unpaired) electrons. The average Bonchev–Trinajstić information content (AvgIpc) is 3.24. The average molecular weight is 398 g/mol. The molecule has 6 heteroatoms. The third-order valence-corrected chi connectivity index (χ3v) is 6.66. The zero-order chi connectivity index (χ0) is 20.3. The summed E-state index contributed by atoms with van der Waals surface area (Å²) < 4.78 is 10.2. The van der Waals surface area contributed by atoms with Crippen LogP contribution in [-0.4, -0.2) is 60.6 Å². The van der Waals surface area contributed by atoms with E-state index in [0.29, 0.717) is 23.8 Å². The molecule has 1 aromatic carbocycles. The number of likely N-dealkylation sites (N-methyl/N-ethyl adjacent to an activating group) is 1. The normalized spacial score (nSPS) is 22.6. The van der Waals surface area contributed by atoms with Crippen molar-refractivity contribution in [1.82, 2.24) is 14.8 Å². The number of nitrogens with zero attached hydrogens (tertiary/aromatic N) is 3. The minimum absolute atomic E-state index is 0.243. The van der Waals surface area contributed by atoms with Crippen LogP contribution < -0.4 is 0 Å². The molecule has 156 valence electrons. The van der Waals surface area contributed by atoms with E-state index in [-0.39, 0.29) is 5.69 Å². The Morgan fingerprint density at radius 1 is 1.24 bits per heavy atom. The van der Waals surface area contributed by atoms with Gasteiger partial charge in [-0.25, -0.2) is 9.78 Å². The molecule has 0 amide bonds. The monoisotopic (exact) mass is 397 g/mol. The van der Waals surface area contributed by atoms with E-state index < -0.39 is 5.97 Å². The Bertz CT molecular complexity index is 812. The number of methoxy groups -OCH3 is 1. The molecule has 0 bridgehead atoms. The molecule has 0 N–H and O–H groups in total. The van der Waals surface area contributed by atoms with Gasteiger partial charge >= 0.3 is 5.97 Å². The van der Waals surface area contributed by atoms with Gasteiger partial charge in [-0.3, -0.25) is 4.90 Å². The summed E-state index contributed by atoms with van der Waals surface area (Å²) in [7, 11) is 1.35. The summed E-state index contributed by atoms with van der Waals surface area (Å²) in [5, 5.41) is 0. The number of ether oxygens (including phenoxy) is 1. The third-order valence-electron chi connectivity index (χ3n) is 6.66. The fourth-order valence-corrected chi connectivity index (χ4v) is 5.01. The minimum Gasteiger partial charge on any atom is -0.464 e. The second kappa shape index (κ2) is 8.67. The number of hydrogen-bond acceptors (Lipinski definition) is 6. The van der Waals surface area contributed by atoms with Crippen molar-refractivity contribution in [2.24, 2.45) is 5.41 Å². The molecule has 2 aliphatic heterocycles. The van der Waals surface area contributed by atoms with Crippen LogP contribution in [0.3, 0.4) is 0 Å². The molecule has 29 heavy (non-hydrogen) atoms. The molecule has 0 saturated carbocycles. The van der Waals surface area contributed by atoms with Crippen molar-refractivity contribution < 1.29 is 13.9 Å². The third kappa shape index (κ3) is 4.54. The Balaban J connectivity index is 1.39. The minimum atomic E-state index is -0.452. The number of rotatable bonds is 5. The predicted molar refractivity (Wildman–Crippen MR) is 111 cm³/mol. The van der Waals surface area contributed by atoms with Crippen molar-refractivity contribution in [3.63, 3.8) is 0 Å². The van der Waals surface area contributed by atoms with Crippen LogP contribution >= 0.6 is 0 Å². The van der Waals surface area contributed by atoms with Gasteiger partial charge in [0.15, 0.2) is 5.69 Å². The Hall–Kier alpha value is -2.18. The molecule has 3 heterocycles. The van der Waals surface area contributed by atoms with Gasteiger partial charge in [-0.1, -0.05) is 37.3 Å². The smallest absolute Gasteiger partial charge is 0.360 e. The van der Waals surface area contributed by atoms with Crippen LogP contribution in [0.25, 0.3) is 0 Å². The van der Waals surface area contributed by atoms with Gasteiger partial charge in [-0.05, 0) is 55.8 Å². The topological polar surface area (TPSA) is 58.8 Å². The number of likely N-dealkylation sites (tertiary alicyclic amines) is 2. The van der Waals surface area contributed by atoms with Gasteiger partial charge in [0.2, 0.25) is 5.89 Å². The molecule has 2 saturated heterocycles. The number of benzene rings is 1. The number of carbonyl (C=O) groups is 1. The number of esters is 1. The first-order valence-corrected chi connectivity index (χ1v) is 10.6. The van der Waals surface area contributed by atoms with Crippen LogP contribution in [0.5, 0.6) is 0 Å². The highest BCUT2D eigenvalue weighted by atomic mass is 16.5. The summed E-state index contributed by atoms with van der Waals surface area (Å²) in [6, 6.07) is 11.0. The van der Waals surface area contributed by atoms with E-state index >= 15 is 0 Å². The van der Waals surface area contributed by atoms with Crippen LogP contribution in [0.2, 0.25) is 0 Å². The van der Waals surface area contributed by atoms with E-state index in [0.717, 1.165) is 19.6 Å². The van der Waals surface area contributed by atoms with Gasteiger partial charge in [0, 0.05) is 13.1 Å². The fourth-order valence-electron chi connectivity index (χ4n) is 5.01. The lowest BCUT2D eigenvalue weighted by molar-refractivity contribution is 0.0118. The van der Waals surface area contributed by atoms with Crippen LogP contribution in [-0.2, 0) is 11.3 Å². The van der Waals surface area contributed by atoms with Gasteiger partial charge < -0.3 is 14.1 Å². The largest absolute Gasteiger partial charge is 0.464 e. The predicted octanol–water partition coefficient (Wildman–Crippen LogP) is 3.55. The van der Waals surface area contributed by atoms with Crippen molar-refractivity contribution >= 4 is 5.97 Å². The summed E-state index contributed by atoms with van der Waals surface area (Å²) in [5.74, 6) is 0.750. The highest BCUT2D eigenvalue weighted by Gasteiger charge is 2.42. The highest BCUT2D eigenvalue weighted by molar-refractivity contribution is 5.86. The van der Waals surface area contributed by atoms with Crippen molar-refractivity contribution in [1.29, 1.82) is 0 Å². The number of carbonyl (C=O) groups excluding carboxylic acids is 1. The first kappa shape index (κ1) is 20.1. The SMILES string of the molecule is CCN1C[C@@H](c2ccccc2)CC2(CCN(Cc3nc(C(=O)OC)co3)CC2)C1. The number of hydrogen-bond donors (Lipinski definition) is 0. The summed E-state index contributed by atoms with van der Waals surface area (Å²) in [6.07, 6.45) is 5.04. The van der Waals surface area contributed by atoms with Gasteiger partial charge in [0.25, 0.3) is 0 Å². The number of oxazole rings is 1. The van der Waals surface area contributed by atoms with Gasteiger partial charge in [-0.15, -0.1) is 0 Å². The number of piperidine rings is 2. The molecule has 2 fully saturated rings. The molecule has 1 aromatic heterocycles. The second-order valence-electron chi connectivity index (χ2n) is 8.53. The maximum Gasteiger partial charge on any atom is 0.360 e. The van der Waals surface area contributed by atoms with Crippen LogP contribution in [0.4, 0.5) is 0 Å². The van der Waals surface area contributed by atoms with Crippen molar-refractivity contribution in [3.05, 3.63) is 53.7 Å². The fraction of sp³-hybridized carbons (Fsp3) is 0.565. The van der Waals surface area contributed by atoms with Crippen LogP contribution in [0.15, 0.2) is 41.0 Å². The maximum absolute atomic E-state index is 11.6.